The van der Waals surface area contributed by atoms with E-state index in [1.54, 1.807) is 6.92 Å². The molecule has 0 aromatic heterocycles. The Hall–Kier alpha value is -0.330. The first-order valence-electron chi connectivity index (χ1n) is 6.57. The van der Waals surface area contributed by atoms with Gasteiger partial charge >= 0.3 is 0 Å². The summed E-state index contributed by atoms with van der Waals surface area (Å²) in [6.45, 7) is 6.29. The van der Waals surface area contributed by atoms with Crippen molar-refractivity contribution in [1.29, 1.82) is 0 Å². The van der Waals surface area contributed by atoms with Crippen LogP contribution in [0.25, 0.3) is 0 Å². The molecule has 0 spiro atoms. The number of hydrogen-bond donors (Lipinski definition) is 0. The number of Topliss-reactive ketones (excluding diaryl/α,β-unsaturated/α-hetero) is 1. The number of carbonyl (C=O) groups excluding carboxylic acids is 1. The largest absolute Gasteiger partial charge is 0.300 e. The maximum absolute atomic E-state index is 10.9. The van der Waals surface area contributed by atoms with Crippen molar-refractivity contribution in [2.45, 2.75) is 65.7 Å². The first-order valence-corrected chi connectivity index (χ1v) is 6.57. The van der Waals surface area contributed by atoms with Crippen molar-refractivity contribution in [3.63, 3.8) is 0 Å². The van der Waals surface area contributed by atoms with Gasteiger partial charge in [0.1, 0.15) is 5.78 Å². The Bertz CT molecular complexity index is 190. The maximum Gasteiger partial charge on any atom is 0.130 e. The Morgan fingerprint density at radius 2 is 1.87 bits per heavy atom. The van der Waals surface area contributed by atoms with Crippen molar-refractivity contribution in [2.24, 2.45) is 17.8 Å². The van der Waals surface area contributed by atoms with E-state index in [2.05, 4.69) is 13.8 Å². The summed E-state index contributed by atoms with van der Waals surface area (Å²) in [5, 5.41) is 0. The zero-order valence-electron chi connectivity index (χ0n) is 10.6. The predicted molar refractivity (Wildman–Crippen MR) is 64.8 cm³/mol. The normalized spacial score (nSPS) is 28.7. The van der Waals surface area contributed by atoms with Crippen LogP contribution in [0.15, 0.2) is 0 Å². The van der Waals surface area contributed by atoms with Crippen LogP contribution in [0, 0.1) is 17.8 Å². The summed E-state index contributed by atoms with van der Waals surface area (Å²) in [5.74, 6) is 2.85. The zero-order valence-corrected chi connectivity index (χ0v) is 10.6. The molecule has 1 heteroatoms. The molecule has 0 saturated heterocycles. The van der Waals surface area contributed by atoms with Gasteiger partial charge in [-0.3, -0.25) is 0 Å². The number of rotatable bonds is 5. The summed E-state index contributed by atoms with van der Waals surface area (Å²) < 4.78 is 0. The van der Waals surface area contributed by atoms with Gasteiger partial charge in [0.2, 0.25) is 0 Å². The lowest BCUT2D eigenvalue weighted by Crippen LogP contribution is -2.13. The third kappa shape index (κ3) is 5.34. The molecule has 0 amide bonds. The van der Waals surface area contributed by atoms with Gasteiger partial charge in [-0.2, -0.15) is 0 Å². The molecule has 0 bridgehead atoms. The van der Waals surface area contributed by atoms with Crippen LogP contribution in [-0.2, 0) is 4.79 Å². The van der Waals surface area contributed by atoms with E-state index in [4.69, 9.17) is 0 Å². The molecule has 1 atom stereocenters. The Kier molecular flexibility index (Phi) is 5.35. The van der Waals surface area contributed by atoms with Gasteiger partial charge in [-0.1, -0.05) is 52.4 Å². The van der Waals surface area contributed by atoms with Gasteiger partial charge in [-0.15, -0.1) is 0 Å². The Labute approximate surface area is 94.6 Å². The number of ketones is 1. The van der Waals surface area contributed by atoms with Crippen LogP contribution < -0.4 is 0 Å². The molecule has 15 heavy (non-hydrogen) atoms. The summed E-state index contributed by atoms with van der Waals surface area (Å²) in [6, 6.07) is 0. The second kappa shape index (κ2) is 6.30. The minimum Gasteiger partial charge on any atom is -0.300 e. The topological polar surface area (TPSA) is 17.1 Å². The van der Waals surface area contributed by atoms with E-state index < -0.39 is 0 Å². The fourth-order valence-electron chi connectivity index (χ4n) is 2.73. The quantitative estimate of drug-likeness (QED) is 0.664. The molecular formula is C14H26O. The summed E-state index contributed by atoms with van der Waals surface area (Å²) in [7, 11) is 0. The Balaban J connectivity index is 2.11. The fraction of sp³-hybridized carbons (Fsp3) is 0.929. The molecule has 0 aromatic carbocycles. The first-order chi connectivity index (χ1) is 7.08. The molecular weight excluding hydrogens is 184 g/mol. The lowest BCUT2D eigenvalue weighted by atomic mass is 9.79. The van der Waals surface area contributed by atoms with Crippen LogP contribution in [0.4, 0.5) is 0 Å². The Morgan fingerprint density at radius 1 is 1.27 bits per heavy atom. The highest BCUT2D eigenvalue weighted by Crippen LogP contribution is 2.32. The monoisotopic (exact) mass is 210 g/mol. The average molecular weight is 210 g/mol. The first kappa shape index (κ1) is 12.7. The standard InChI is InChI=1S/C14H26O/c1-11-4-7-14(8-5-11)9-6-12(2)10-13(3)15/h11-12,14H,4-10H2,1-3H3/t11?,12-,14?/m0/s1. The van der Waals surface area contributed by atoms with Crippen molar-refractivity contribution in [3.05, 3.63) is 0 Å². The second-order valence-electron chi connectivity index (χ2n) is 5.71. The lowest BCUT2D eigenvalue weighted by molar-refractivity contribution is -0.117. The second-order valence-corrected chi connectivity index (χ2v) is 5.71. The summed E-state index contributed by atoms with van der Waals surface area (Å²) in [5.41, 5.74) is 0. The van der Waals surface area contributed by atoms with Gasteiger partial charge in [-0.05, 0) is 24.7 Å². The molecule has 1 aliphatic carbocycles. The van der Waals surface area contributed by atoms with Crippen molar-refractivity contribution >= 4 is 5.78 Å². The molecule has 1 aliphatic rings. The smallest absolute Gasteiger partial charge is 0.130 e. The van der Waals surface area contributed by atoms with E-state index in [0.29, 0.717) is 11.7 Å². The molecule has 0 radical (unpaired) electrons. The van der Waals surface area contributed by atoms with Crippen molar-refractivity contribution in [2.75, 3.05) is 0 Å². The third-order valence-electron chi connectivity index (χ3n) is 3.84. The fourth-order valence-corrected chi connectivity index (χ4v) is 2.73. The van der Waals surface area contributed by atoms with E-state index in [9.17, 15) is 4.79 Å². The van der Waals surface area contributed by atoms with Gasteiger partial charge < -0.3 is 4.79 Å². The number of carbonyl (C=O) groups is 1. The molecule has 0 N–H and O–H groups in total. The molecule has 0 aliphatic heterocycles. The van der Waals surface area contributed by atoms with Crippen LogP contribution >= 0.6 is 0 Å². The summed E-state index contributed by atoms with van der Waals surface area (Å²) in [4.78, 5) is 10.9. The predicted octanol–water partition coefficient (Wildman–Crippen LogP) is 4.21. The van der Waals surface area contributed by atoms with E-state index in [1.807, 2.05) is 0 Å². The average Bonchev–Trinajstić information content (AvgIpc) is 2.16. The Morgan fingerprint density at radius 3 is 2.40 bits per heavy atom. The van der Waals surface area contributed by atoms with Crippen molar-refractivity contribution < 1.29 is 4.79 Å². The van der Waals surface area contributed by atoms with Crippen LogP contribution in [-0.4, -0.2) is 5.78 Å². The molecule has 0 aromatic rings. The van der Waals surface area contributed by atoms with Crippen LogP contribution in [0.1, 0.15) is 65.7 Å². The molecule has 1 saturated carbocycles. The minimum atomic E-state index is 0.347. The molecule has 1 rings (SSSR count). The van der Waals surface area contributed by atoms with Crippen molar-refractivity contribution in [3.8, 4) is 0 Å². The lowest BCUT2D eigenvalue weighted by Gasteiger charge is -2.26. The molecule has 1 fully saturated rings. The highest BCUT2D eigenvalue weighted by atomic mass is 16.1. The van der Waals surface area contributed by atoms with E-state index >= 15 is 0 Å². The SMILES string of the molecule is CC(=O)C[C@@H](C)CCC1CCC(C)CC1. The van der Waals surface area contributed by atoms with Crippen molar-refractivity contribution in [1.82, 2.24) is 0 Å². The number of hydrogen-bond acceptors (Lipinski definition) is 1. The van der Waals surface area contributed by atoms with E-state index in [0.717, 1.165) is 18.3 Å². The van der Waals surface area contributed by atoms with Gasteiger partial charge in [0.05, 0.1) is 0 Å². The van der Waals surface area contributed by atoms with Gasteiger partial charge in [0.25, 0.3) is 0 Å². The van der Waals surface area contributed by atoms with Gasteiger partial charge in [-0.25, -0.2) is 0 Å². The highest BCUT2D eigenvalue weighted by molar-refractivity contribution is 5.75. The molecule has 0 unspecified atom stereocenters. The van der Waals surface area contributed by atoms with Crippen LogP contribution in [0.3, 0.4) is 0 Å². The highest BCUT2D eigenvalue weighted by Gasteiger charge is 2.18. The van der Waals surface area contributed by atoms with Gasteiger partial charge in [0, 0.05) is 6.42 Å². The summed E-state index contributed by atoms with van der Waals surface area (Å²) in [6.07, 6.45) is 9.07. The molecule has 88 valence electrons. The molecule has 1 nitrogen and oxygen atoms in total. The minimum absolute atomic E-state index is 0.347. The van der Waals surface area contributed by atoms with E-state index in [1.165, 1.54) is 38.5 Å². The maximum atomic E-state index is 10.9. The van der Waals surface area contributed by atoms with Crippen LogP contribution in [0.2, 0.25) is 0 Å². The van der Waals surface area contributed by atoms with E-state index in [-0.39, 0.29) is 0 Å². The zero-order chi connectivity index (χ0) is 11.3. The van der Waals surface area contributed by atoms with Crippen LogP contribution in [0.5, 0.6) is 0 Å². The third-order valence-corrected chi connectivity index (χ3v) is 3.84. The van der Waals surface area contributed by atoms with Gasteiger partial charge in [0.15, 0.2) is 0 Å². The summed E-state index contributed by atoms with van der Waals surface area (Å²) >= 11 is 0. The molecule has 0 heterocycles.